The Bertz CT molecular complexity index is 413. The Morgan fingerprint density at radius 3 is 2.56 bits per heavy atom. The fraction of sp³-hybridized carbons (Fsp3) is 0.571. The van der Waals surface area contributed by atoms with Gasteiger partial charge >= 0.3 is 0 Å². The molecule has 100 valence electrons. The van der Waals surface area contributed by atoms with Crippen LogP contribution < -0.4 is 5.32 Å². The van der Waals surface area contributed by atoms with E-state index in [1.54, 1.807) is 0 Å². The average Bonchev–Trinajstić information content (AvgIpc) is 2.31. The molecule has 1 aromatic carbocycles. The average molecular weight is 304 g/mol. The van der Waals surface area contributed by atoms with Gasteiger partial charge in [-0.3, -0.25) is 0 Å². The Kier molecular flexibility index (Phi) is 4.87. The molecule has 1 unspecified atom stereocenters. The number of nitrogens with one attached hydrogen (secondary N) is 1. The van der Waals surface area contributed by atoms with Crippen LogP contribution >= 0.6 is 35.0 Å². The molecule has 4 heteroatoms. The van der Waals surface area contributed by atoms with Crippen LogP contribution in [0.15, 0.2) is 18.2 Å². The molecule has 0 bridgehead atoms. The molecule has 1 aliphatic carbocycles. The van der Waals surface area contributed by atoms with E-state index in [4.69, 9.17) is 23.2 Å². The molecule has 0 radical (unpaired) electrons. The maximum atomic E-state index is 6.05. The molecule has 1 saturated carbocycles. The van der Waals surface area contributed by atoms with Crippen molar-refractivity contribution in [2.45, 2.75) is 37.0 Å². The van der Waals surface area contributed by atoms with Crippen LogP contribution in [0.3, 0.4) is 0 Å². The van der Waals surface area contributed by atoms with Crippen molar-refractivity contribution in [3.8, 4) is 0 Å². The fourth-order valence-corrected chi connectivity index (χ4v) is 3.49. The second-order valence-corrected chi connectivity index (χ2v) is 7.11. The van der Waals surface area contributed by atoms with Crippen molar-refractivity contribution in [2.24, 2.45) is 0 Å². The summed E-state index contributed by atoms with van der Waals surface area (Å²) in [4.78, 5) is 0. The molecule has 18 heavy (non-hydrogen) atoms. The zero-order valence-electron chi connectivity index (χ0n) is 10.8. The Morgan fingerprint density at radius 2 is 2.06 bits per heavy atom. The number of benzene rings is 1. The van der Waals surface area contributed by atoms with Crippen LogP contribution in [-0.2, 0) is 0 Å². The van der Waals surface area contributed by atoms with Crippen LogP contribution in [0.25, 0.3) is 0 Å². The van der Waals surface area contributed by atoms with Crippen molar-refractivity contribution in [3.05, 3.63) is 33.8 Å². The van der Waals surface area contributed by atoms with Gasteiger partial charge in [0.25, 0.3) is 0 Å². The lowest BCUT2D eigenvalue weighted by atomic mass is 9.84. The van der Waals surface area contributed by atoms with Crippen LogP contribution in [0.5, 0.6) is 0 Å². The molecule has 0 aromatic heterocycles. The number of halogens is 2. The van der Waals surface area contributed by atoms with Crippen LogP contribution in [0, 0.1) is 0 Å². The Morgan fingerprint density at radius 1 is 1.33 bits per heavy atom. The minimum absolute atomic E-state index is 0.310. The summed E-state index contributed by atoms with van der Waals surface area (Å²) in [7, 11) is 0. The molecule has 0 heterocycles. The van der Waals surface area contributed by atoms with Crippen molar-refractivity contribution in [1.82, 2.24) is 5.32 Å². The van der Waals surface area contributed by atoms with E-state index in [2.05, 4.69) is 18.5 Å². The maximum absolute atomic E-state index is 6.05. The third-order valence-corrected chi connectivity index (χ3v) is 6.03. The van der Waals surface area contributed by atoms with E-state index < -0.39 is 0 Å². The van der Waals surface area contributed by atoms with E-state index >= 15 is 0 Å². The lowest BCUT2D eigenvalue weighted by Crippen LogP contribution is -2.43. The highest BCUT2D eigenvalue weighted by Crippen LogP contribution is 2.42. The van der Waals surface area contributed by atoms with Crippen molar-refractivity contribution in [2.75, 3.05) is 12.8 Å². The van der Waals surface area contributed by atoms with Crippen molar-refractivity contribution >= 4 is 35.0 Å². The monoisotopic (exact) mass is 303 g/mol. The van der Waals surface area contributed by atoms with Crippen LogP contribution in [0.2, 0.25) is 10.0 Å². The van der Waals surface area contributed by atoms with Crippen LogP contribution in [-0.4, -0.2) is 17.5 Å². The molecule has 0 amide bonds. The van der Waals surface area contributed by atoms with Crippen LogP contribution in [0.1, 0.15) is 37.8 Å². The Hall–Kier alpha value is 0.110. The van der Waals surface area contributed by atoms with E-state index in [0.29, 0.717) is 20.8 Å². The molecular formula is C14H19Cl2NS. The molecule has 2 rings (SSSR count). The minimum atomic E-state index is 0.310. The number of thioether (sulfide) groups is 1. The summed E-state index contributed by atoms with van der Waals surface area (Å²) in [6.07, 6.45) is 6.23. The highest BCUT2D eigenvalue weighted by atomic mass is 35.5. The van der Waals surface area contributed by atoms with Crippen LogP contribution in [0.4, 0.5) is 0 Å². The largest absolute Gasteiger partial charge is 0.309 e. The molecule has 1 nitrogen and oxygen atoms in total. The maximum Gasteiger partial charge on any atom is 0.0595 e. The molecular weight excluding hydrogens is 285 g/mol. The summed E-state index contributed by atoms with van der Waals surface area (Å²) in [5.74, 6) is 0. The standard InChI is InChI=1S/C14H19Cl2NS/c1-10(11-4-5-12(15)13(16)8-11)17-9-14(18-2)6-3-7-14/h4-5,8,10,17H,3,6-7,9H2,1-2H3. The quantitative estimate of drug-likeness (QED) is 0.828. The molecule has 1 fully saturated rings. The molecule has 1 aliphatic rings. The number of hydrogen-bond acceptors (Lipinski definition) is 2. The SMILES string of the molecule is CSC1(CNC(C)c2ccc(Cl)c(Cl)c2)CCC1. The van der Waals surface area contributed by atoms with Crippen molar-refractivity contribution in [1.29, 1.82) is 0 Å². The van der Waals surface area contributed by atoms with Crippen molar-refractivity contribution in [3.63, 3.8) is 0 Å². The predicted octanol–water partition coefficient (Wildman–Crippen LogP) is 4.93. The zero-order valence-corrected chi connectivity index (χ0v) is 13.1. The van der Waals surface area contributed by atoms with Gasteiger partial charge in [0.15, 0.2) is 0 Å². The normalized spacial score (nSPS) is 19.3. The highest BCUT2D eigenvalue weighted by Gasteiger charge is 2.35. The Labute approximate surface area is 124 Å². The van der Waals surface area contributed by atoms with E-state index in [1.165, 1.54) is 24.8 Å². The van der Waals surface area contributed by atoms with Gasteiger partial charge in [0.2, 0.25) is 0 Å². The number of rotatable bonds is 5. The molecule has 0 spiro atoms. The first kappa shape index (κ1) is 14.5. The molecule has 0 aliphatic heterocycles. The first-order valence-electron chi connectivity index (χ1n) is 6.30. The lowest BCUT2D eigenvalue weighted by Gasteiger charge is -2.41. The summed E-state index contributed by atoms with van der Waals surface area (Å²) in [5, 5.41) is 4.87. The van der Waals surface area contributed by atoms with E-state index in [9.17, 15) is 0 Å². The first-order valence-corrected chi connectivity index (χ1v) is 8.28. The van der Waals surface area contributed by atoms with Gasteiger partial charge in [-0.05, 0) is 43.7 Å². The molecule has 1 N–H and O–H groups in total. The third-order valence-electron chi connectivity index (χ3n) is 3.87. The van der Waals surface area contributed by atoms with Gasteiger partial charge < -0.3 is 5.32 Å². The van der Waals surface area contributed by atoms with Crippen molar-refractivity contribution < 1.29 is 0 Å². The van der Waals surface area contributed by atoms with E-state index in [1.807, 2.05) is 30.0 Å². The summed E-state index contributed by atoms with van der Waals surface area (Å²) < 4.78 is 0.463. The molecule has 1 atom stereocenters. The second kappa shape index (κ2) is 6.04. The van der Waals surface area contributed by atoms with E-state index in [0.717, 1.165) is 6.54 Å². The third kappa shape index (κ3) is 3.16. The number of hydrogen-bond donors (Lipinski definition) is 1. The topological polar surface area (TPSA) is 12.0 Å². The summed E-state index contributed by atoms with van der Waals surface area (Å²) in [5.41, 5.74) is 1.19. The van der Waals surface area contributed by atoms with Gasteiger partial charge in [-0.25, -0.2) is 0 Å². The molecule has 1 aromatic rings. The summed E-state index contributed by atoms with van der Waals surface area (Å²) >= 11 is 14.0. The highest BCUT2D eigenvalue weighted by molar-refractivity contribution is 8.00. The smallest absolute Gasteiger partial charge is 0.0595 e. The Balaban J connectivity index is 1.94. The van der Waals surface area contributed by atoms with Gasteiger partial charge in [0, 0.05) is 17.3 Å². The predicted molar refractivity (Wildman–Crippen MR) is 83.0 cm³/mol. The lowest BCUT2D eigenvalue weighted by molar-refractivity contribution is 0.334. The van der Waals surface area contributed by atoms with Gasteiger partial charge in [0.1, 0.15) is 0 Å². The summed E-state index contributed by atoms with van der Waals surface area (Å²) in [6, 6.07) is 6.17. The van der Waals surface area contributed by atoms with Gasteiger partial charge in [-0.2, -0.15) is 11.8 Å². The van der Waals surface area contributed by atoms with Gasteiger partial charge in [-0.1, -0.05) is 35.7 Å². The van der Waals surface area contributed by atoms with E-state index in [-0.39, 0.29) is 0 Å². The zero-order chi connectivity index (χ0) is 13.2. The first-order chi connectivity index (χ1) is 8.56. The van der Waals surface area contributed by atoms with Gasteiger partial charge in [-0.15, -0.1) is 0 Å². The fourth-order valence-electron chi connectivity index (χ4n) is 2.26. The summed E-state index contributed by atoms with van der Waals surface area (Å²) in [6.45, 7) is 3.24. The molecule has 0 saturated heterocycles. The second-order valence-electron chi connectivity index (χ2n) is 5.02. The minimum Gasteiger partial charge on any atom is -0.309 e. The van der Waals surface area contributed by atoms with Gasteiger partial charge in [0.05, 0.1) is 10.0 Å².